The second kappa shape index (κ2) is 9.60. The molecule has 0 aromatic heterocycles. The van der Waals surface area contributed by atoms with Crippen molar-refractivity contribution < 1.29 is 14.7 Å². The summed E-state index contributed by atoms with van der Waals surface area (Å²) in [4.78, 5) is 24.2. The van der Waals surface area contributed by atoms with E-state index < -0.39 is 5.97 Å². The molecule has 0 heterocycles. The molecule has 7 heteroatoms. The number of aryl methyl sites for hydroxylation is 1. The van der Waals surface area contributed by atoms with Crippen molar-refractivity contribution in [2.24, 2.45) is 0 Å². The number of carboxylic acid groups (broad SMARTS) is 1. The lowest BCUT2D eigenvalue weighted by Gasteiger charge is -2.19. The fourth-order valence-electron chi connectivity index (χ4n) is 1.84. The van der Waals surface area contributed by atoms with Gasteiger partial charge in [-0.1, -0.05) is 24.6 Å². The number of carboxylic acids is 1. The molecule has 0 aliphatic carbocycles. The molecule has 0 bridgehead atoms. The summed E-state index contributed by atoms with van der Waals surface area (Å²) < 4.78 is 0. The monoisotopic (exact) mass is 334 g/mol. The van der Waals surface area contributed by atoms with Gasteiger partial charge in [0.25, 0.3) is 0 Å². The van der Waals surface area contributed by atoms with Crippen molar-refractivity contribution in [2.45, 2.75) is 20.3 Å². The van der Waals surface area contributed by atoms with E-state index in [-0.39, 0.29) is 31.4 Å². The molecule has 0 radical (unpaired) electrons. The predicted molar refractivity (Wildman–Crippen MR) is 86.4 cm³/mol. The first kappa shape index (κ1) is 19.7. The molecule has 0 unspecified atom stereocenters. The lowest BCUT2D eigenvalue weighted by molar-refractivity contribution is -0.138. The number of halogens is 2. The van der Waals surface area contributed by atoms with Crippen molar-refractivity contribution >= 4 is 41.6 Å². The molecule has 0 saturated carbocycles. The predicted octanol–water partition coefficient (Wildman–Crippen LogP) is 2.81. The number of nitrogens with one attached hydrogen (secondary N) is 1. The van der Waals surface area contributed by atoms with Gasteiger partial charge in [0.05, 0.1) is 23.8 Å². The summed E-state index contributed by atoms with van der Waals surface area (Å²) in [5.74, 6) is -1.22. The number of amides is 1. The molecule has 0 saturated heterocycles. The third-order valence-electron chi connectivity index (χ3n) is 2.66. The Labute approximate surface area is 135 Å². The average molecular weight is 335 g/mol. The van der Waals surface area contributed by atoms with Crippen molar-refractivity contribution in [3.05, 3.63) is 28.8 Å². The first-order valence-electron chi connectivity index (χ1n) is 6.42. The summed E-state index contributed by atoms with van der Waals surface area (Å²) in [6.45, 7) is 4.28. The topological polar surface area (TPSA) is 69.6 Å². The maximum atomic E-state index is 11.9. The van der Waals surface area contributed by atoms with E-state index in [9.17, 15) is 9.59 Å². The van der Waals surface area contributed by atoms with Crippen molar-refractivity contribution in [2.75, 3.05) is 25.0 Å². The van der Waals surface area contributed by atoms with Crippen molar-refractivity contribution in [1.29, 1.82) is 0 Å². The van der Waals surface area contributed by atoms with Crippen LogP contribution in [0.4, 0.5) is 5.69 Å². The summed E-state index contributed by atoms with van der Waals surface area (Å²) >= 11 is 6.03. The van der Waals surface area contributed by atoms with Gasteiger partial charge >= 0.3 is 5.97 Å². The van der Waals surface area contributed by atoms with Gasteiger partial charge in [0.2, 0.25) is 5.91 Å². The van der Waals surface area contributed by atoms with Crippen LogP contribution in [0.25, 0.3) is 0 Å². The zero-order valence-corrected chi connectivity index (χ0v) is 13.6. The van der Waals surface area contributed by atoms with Gasteiger partial charge in [-0.05, 0) is 37.6 Å². The van der Waals surface area contributed by atoms with Crippen LogP contribution in [0, 0.1) is 6.92 Å². The summed E-state index contributed by atoms with van der Waals surface area (Å²) in [5.41, 5.74) is 1.54. The third kappa shape index (κ3) is 7.32. The minimum atomic E-state index is -0.945. The molecule has 5 nitrogen and oxygen atoms in total. The molecule has 1 aromatic carbocycles. The van der Waals surface area contributed by atoms with Crippen LogP contribution in [0.3, 0.4) is 0 Å². The normalized spacial score (nSPS) is 10.1. The van der Waals surface area contributed by atoms with Crippen LogP contribution in [0.2, 0.25) is 5.02 Å². The molecular formula is C14H20Cl2N2O3. The summed E-state index contributed by atoms with van der Waals surface area (Å²) in [6.07, 6.45) is 0.784. The highest BCUT2D eigenvalue weighted by Gasteiger charge is 2.14. The molecule has 0 atom stereocenters. The molecule has 0 fully saturated rings. The van der Waals surface area contributed by atoms with Crippen LogP contribution < -0.4 is 5.32 Å². The standard InChI is InChI=1S/C14H19ClN2O3.ClH/c1-3-6-17(9-14(19)20)8-13(18)16-12-5-4-10(2)7-11(12)15;/h4-5,7H,3,6,8-9H2,1-2H3,(H,16,18)(H,19,20);1H. The highest BCUT2D eigenvalue weighted by atomic mass is 35.5. The molecule has 1 amide bonds. The zero-order chi connectivity index (χ0) is 15.1. The van der Waals surface area contributed by atoms with Crippen LogP contribution in [0.15, 0.2) is 18.2 Å². The van der Waals surface area contributed by atoms with Gasteiger partial charge in [0, 0.05) is 0 Å². The minimum absolute atomic E-state index is 0. The number of hydrogen-bond donors (Lipinski definition) is 2. The average Bonchev–Trinajstić information content (AvgIpc) is 2.32. The van der Waals surface area contributed by atoms with E-state index in [0.29, 0.717) is 17.3 Å². The second-order valence-electron chi connectivity index (χ2n) is 4.64. The molecule has 21 heavy (non-hydrogen) atoms. The Morgan fingerprint density at radius 1 is 1.33 bits per heavy atom. The maximum absolute atomic E-state index is 11.9. The number of rotatable bonds is 7. The van der Waals surface area contributed by atoms with Crippen LogP contribution >= 0.6 is 24.0 Å². The summed E-state index contributed by atoms with van der Waals surface area (Å²) in [7, 11) is 0. The van der Waals surface area contributed by atoms with Crippen molar-refractivity contribution in [3.8, 4) is 0 Å². The number of aliphatic carboxylic acids is 1. The maximum Gasteiger partial charge on any atom is 0.317 e. The SMILES string of the molecule is CCCN(CC(=O)O)CC(=O)Nc1ccc(C)cc1Cl.Cl. The Bertz CT molecular complexity index is 495. The number of carbonyl (C=O) groups excluding carboxylic acids is 1. The Morgan fingerprint density at radius 2 is 2.00 bits per heavy atom. The summed E-state index contributed by atoms with van der Waals surface area (Å²) in [5, 5.41) is 12.0. The highest BCUT2D eigenvalue weighted by Crippen LogP contribution is 2.22. The Kier molecular flexibility index (Phi) is 9.01. The molecule has 2 N–H and O–H groups in total. The van der Waals surface area contributed by atoms with Gasteiger partial charge < -0.3 is 10.4 Å². The van der Waals surface area contributed by atoms with E-state index in [1.54, 1.807) is 17.0 Å². The van der Waals surface area contributed by atoms with Crippen molar-refractivity contribution in [1.82, 2.24) is 4.90 Å². The van der Waals surface area contributed by atoms with Gasteiger partial charge in [-0.15, -0.1) is 12.4 Å². The van der Waals surface area contributed by atoms with Crippen LogP contribution in [-0.2, 0) is 9.59 Å². The first-order chi connectivity index (χ1) is 9.42. The van der Waals surface area contributed by atoms with Gasteiger partial charge in [-0.2, -0.15) is 0 Å². The molecule has 118 valence electrons. The second-order valence-corrected chi connectivity index (χ2v) is 5.04. The Morgan fingerprint density at radius 3 is 2.52 bits per heavy atom. The van der Waals surface area contributed by atoms with Gasteiger partial charge in [-0.3, -0.25) is 14.5 Å². The van der Waals surface area contributed by atoms with Gasteiger partial charge in [-0.25, -0.2) is 0 Å². The lowest BCUT2D eigenvalue weighted by Crippen LogP contribution is -2.37. The largest absolute Gasteiger partial charge is 0.480 e. The molecule has 1 aromatic rings. The Balaban J connectivity index is 0.00000400. The molecule has 0 aliphatic rings. The highest BCUT2D eigenvalue weighted by molar-refractivity contribution is 6.33. The quantitative estimate of drug-likeness (QED) is 0.804. The number of nitrogens with zero attached hydrogens (tertiary/aromatic N) is 1. The van der Waals surface area contributed by atoms with E-state index in [1.807, 2.05) is 19.9 Å². The van der Waals surface area contributed by atoms with Crippen LogP contribution in [0.5, 0.6) is 0 Å². The van der Waals surface area contributed by atoms with Crippen molar-refractivity contribution in [3.63, 3.8) is 0 Å². The first-order valence-corrected chi connectivity index (χ1v) is 6.80. The van der Waals surface area contributed by atoms with E-state index in [0.717, 1.165) is 12.0 Å². The third-order valence-corrected chi connectivity index (χ3v) is 2.98. The fraction of sp³-hybridized carbons (Fsp3) is 0.429. The number of carbonyl (C=O) groups is 2. The lowest BCUT2D eigenvalue weighted by atomic mass is 10.2. The van der Waals surface area contributed by atoms with Gasteiger partial charge in [0.15, 0.2) is 0 Å². The molecule has 0 aliphatic heterocycles. The van der Waals surface area contributed by atoms with E-state index in [1.165, 1.54) is 0 Å². The van der Waals surface area contributed by atoms with Crippen LogP contribution in [-0.4, -0.2) is 41.5 Å². The molecular weight excluding hydrogens is 315 g/mol. The Hall–Kier alpha value is -1.30. The van der Waals surface area contributed by atoms with Gasteiger partial charge in [0.1, 0.15) is 0 Å². The van der Waals surface area contributed by atoms with E-state index in [2.05, 4.69) is 5.32 Å². The van der Waals surface area contributed by atoms with E-state index in [4.69, 9.17) is 16.7 Å². The smallest absolute Gasteiger partial charge is 0.317 e. The van der Waals surface area contributed by atoms with Crippen LogP contribution in [0.1, 0.15) is 18.9 Å². The number of benzene rings is 1. The fourth-order valence-corrected chi connectivity index (χ4v) is 2.12. The summed E-state index contributed by atoms with van der Waals surface area (Å²) in [6, 6.07) is 5.34. The molecule has 0 spiro atoms. The number of anilines is 1. The number of hydrogen-bond acceptors (Lipinski definition) is 3. The minimum Gasteiger partial charge on any atom is -0.480 e. The van der Waals surface area contributed by atoms with E-state index >= 15 is 0 Å². The zero-order valence-electron chi connectivity index (χ0n) is 12.1. The molecule has 1 rings (SSSR count).